The molecule has 152 valence electrons. The fourth-order valence-electron chi connectivity index (χ4n) is 3.52. The van der Waals surface area contributed by atoms with Gasteiger partial charge in [0.1, 0.15) is 17.1 Å². The highest BCUT2D eigenvalue weighted by molar-refractivity contribution is 5.53. The summed E-state index contributed by atoms with van der Waals surface area (Å²) in [6, 6.07) is 9.18. The molecule has 1 aliphatic rings. The minimum atomic E-state index is -0.739. The van der Waals surface area contributed by atoms with E-state index in [4.69, 9.17) is 19.7 Å². The van der Waals surface area contributed by atoms with Gasteiger partial charge in [0.05, 0.1) is 6.10 Å². The van der Waals surface area contributed by atoms with Gasteiger partial charge in [-0.2, -0.15) is 4.98 Å². The monoisotopic (exact) mass is 398 g/mol. The van der Waals surface area contributed by atoms with Gasteiger partial charge >= 0.3 is 0 Å². The van der Waals surface area contributed by atoms with Crippen LogP contribution in [0.5, 0.6) is 11.6 Å². The zero-order valence-corrected chi connectivity index (χ0v) is 16.6. The van der Waals surface area contributed by atoms with Crippen molar-refractivity contribution in [1.29, 1.82) is 0 Å². The summed E-state index contributed by atoms with van der Waals surface area (Å²) >= 11 is 0. The second kappa shape index (κ2) is 7.20. The van der Waals surface area contributed by atoms with Crippen LogP contribution in [0.4, 0.5) is 4.39 Å². The molecule has 0 saturated heterocycles. The molecule has 2 heterocycles. The maximum atomic E-state index is 13.0. The van der Waals surface area contributed by atoms with Gasteiger partial charge in [0.25, 0.3) is 0 Å². The van der Waals surface area contributed by atoms with Crippen LogP contribution in [0.25, 0.3) is 11.4 Å². The molecule has 0 aliphatic heterocycles. The van der Waals surface area contributed by atoms with Crippen LogP contribution in [0.1, 0.15) is 33.1 Å². The van der Waals surface area contributed by atoms with Crippen LogP contribution in [-0.4, -0.2) is 27.8 Å². The molecule has 1 aromatic carbocycles. The maximum absolute atomic E-state index is 13.0. The number of rotatable bonds is 6. The number of aromatic nitrogens is 3. The highest BCUT2D eigenvalue weighted by Crippen LogP contribution is 2.55. The van der Waals surface area contributed by atoms with Crippen molar-refractivity contribution in [2.45, 2.75) is 38.8 Å². The first kappa shape index (κ1) is 19.5. The van der Waals surface area contributed by atoms with E-state index in [-0.39, 0.29) is 17.3 Å². The predicted molar refractivity (Wildman–Crippen MR) is 104 cm³/mol. The van der Waals surface area contributed by atoms with Crippen molar-refractivity contribution in [2.75, 3.05) is 6.61 Å². The average molecular weight is 398 g/mol. The Morgan fingerprint density at radius 3 is 2.59 bits per heavy atom. The summed E-state index contributed by atoms with van der Waals surface area (Å²) in [4.78, 5) is 8.76. The lowest BCUT2D eigenvalue weighted by atomic mass is 9.54. The number of hydrogen-bond donors (Lipinski definition) is 1. The molecule has 2 atom stereocenters. The quantitative estimate of drug-likeness (QED) is 0.669. The van der Waals surface area contributed by atoms with Crippen molar-refractivity contribution in [2.24, 2.45) is 11.1 Å². The van der Waals surface area contributed by atoms with E-state index in [1.54, 1.807) is 18.3 Å². The van der Waals surface area contributed by atoms with E-state index >= 15 is 0 Å². The number of hydrogen-bond acceptors (Lipinski definition) is 7. The fraction of sp³-hybridized carbons (Fsp3) is 0.381. The Balaban J connectivity index is 1.49. The molecule has 0 spiro atoms. The topological polar surface area (TPSA) is 96.3 Å². The van der Waals surface area contributed by atoms with Gasteiger partial charge in [-0.15, -0.1) is 0 Å². The summed E-state index contributed by atoms with van der Waals surface area (Å²) in [5.74, 6) is 1.34. The standard InChI is InChI=1S/C21H23FN4O3/c1-4-27-16-11-21(23,20(16,2)3)19-25-18(26-29-19)13-5-10-17(24-12-13)28-15-8-6-14(22)7-9-15/h5-10,12,16H,4,11,23H2,1-3H3. The average Bonchev–Trinajstić information content (AvgIpc) is 3.20. The number of nitrogens with two attached hydrogens (primary N) is 1. The Morgan fingerprint density at radius 2 is 1.97 bits per heavy atom. The molecule has 2 aromatic heterocycles. The number of pyridine rings is 1. The van der Waals surface area contributed by atoms with Gasteiger partial charge in [-0.25, -0.2) is 9.37 Å². The molecule has 0 bridgehead atoms. The molecule has 0 radical (unpaired) electrons. The summed E-state index contributed by atoms with van der Waals surface area (Å²) in [7, 11) is 0. The Hall–Kier alpha value is -2.84. The van der Waals surface area contributed by atoms with E-state index in [1.165, 1.54) is 24.3 Å². The molecular formula is C21H23FN4O3. The van der Waals surface area contributed by atoms with Crippen molar-refractivity contribution < 1.29 is 18.4 Å². The lowest BCUT2D eigenvalue weighted by Crippen LogP contribution is -2.67. The maximum Gasteiger partial charge on any atom is 0.247 e. The Labute approximate surface area is 168 Å². The van der Waals surface area contributed by atoms with Crippen molar-refractivity contribution in [3.05, 3.63) is 54.3 Å². The van der Waals surface area contributed by atoms with Crippen LogP contribution in [0.3, 0.4) is 0 Å². The first-order valence-electron chi connectivity index (χ1n) is 9.48. The van der Waals surface area contributed by atoms with Gasteiger partial charge in [0, 0.05) is 36.3 Å². The molecule has 2 unspecified atom stereocenters. The SMILES string of the molecule is CCOC1CC(N)(c2nc(-c3ccc(Oc4ccc(F)cc4)nc3)no2)C1(C)C. The smallest absolute Gasteiger partial charge is 0.247 e. The van der Waals surface area contributed by atoms with Gasteiger partial charge in [-0.05, 0) is 37.3 Å². The van der Waals surface area contributed by atoms with Gasteiger partial charge in [-0.1, -0.05) is 19.0 Å². The second-order valence-corrected chi connectivity index (χ2v) is 7.71. The lowest BCUT2D eigenvalue weighted by Gasteiger charge is -2.56. The molecule has 3 aromatic rings. The van der Waals surface area contributed by atoms with Crippen LogP contribution in [0.2, 0.25) is 0 Å². The van der Waals surface area contributed by atoms with Gasteiger partial charge in [0.15, 0.2) is 0 Å². The molecule has 4 rings (SSSR count). The normalized spacial score (nSPS) is 22.9. The van der Waals surface area contributed by atoms with Crippen molar-refractivity contribution in [3.8, 4) is 23.0 Å². The molecule has 2 N–H and O–H groups in total. The summed E-state index contributed by atoms with van der Waals surface area (Å²) in [5.41, 5.74) is 6.21. The molecule has 1 fully saturated rings. The zero-order chi connectivity index (χ0) is 20.6. The third-order valence-corrected chi connectivity index (χ3v) is 5.67. The molecule has 0 amide bonds. The minimum absolute atomic E-state index is 0.0532. The molecule has 1 aliphatic carbocycles. The fourth-order valence-corrected chi connectivity index (χ4v) is 3.52. The van der Waals surface area contributed by atoms with Gasteiger partial charge in [0.2, 0.25) is 17.6 Å². The minimum Gasteiger partial charge on any atom is -0.439 e. The Bertz CT molecular complexity index is 988. The van der Waals surface area contributed by atoms with Crippen molar-refractivity contribution in [3.63, 3.8) is 0 Å². The Kier molecular flexibility index (Phi) is 4.84. The molecule has 7 nitrogen and oxygen atoms in total. The predicted octanol–water partition coefficient (Wildman–Crippen LogP) is 4.05. The van der Waals surface area contributed by atoms with Crippen molar-refractivity contribution >= 4 is 0 Å². The van der Waals surface area contributed by atoms with Crippen LogP contribution >= 0.6 is 0 Å². The highest BCUT2D eigenvalue weighted by atomic mass is 19.1. The number of nitrogens with zero attached hydrogens (tertiary/aromatic N) is 3. The number of ether oxygens (including phenoxy) is 2. The molecule has 29 heavy (non-hydrogen) atoms. The largest absolute Gasteiger partial charge is 0.439 e. The second-order valence-electron chi connectivity index (χ2n) is 7.71. The van der Waals surface area contributed by atoms with E-state index in [9.17, 15) is 4.39 Å². The summed E-state index contributed by atoms with van der Waals surface area (Å²) in [6.07, 6.45) is 2.27. The van der Waals surface area contributed by atoms with Crippen LogP contribution in [-0.2, 0) is 10.3 Å². The molecular weight excluding hydrogens is 375 g/mol. The van der Waals surface area contributed by atoms with Crippen LogP contribution in [0, 0.1) is 11.2 Å². The van der Waals surface area contributed by atoms with Gasteiger partial charge < -0.3 is 19.7 Å². The first-order chi connectivity index (χ1) is 13.8. The van der Waals surface area contributed by atoms with Crippen LogP contribution < -0.4 is 10.5 Å². The van der Waals surface area contributed by atoms with Crippen LogP contribution in [0.15, 0.2) is 47.1 Å². The zero-order valence-electron chi connectivity index (χ0n) is 16.6. The van der Waals surface area contributed by atoms with Crippen molar-refractivity contribution in [1.82, 2.24) is 15.1 Å². The van der Waals surface area contributed by atoms with E-state index < -0.39 is 5.54 Å². The summed E-state index contributed by atoms with van der Waals surface area (Å²) in [6.45, 7) is 6.69. The van der Waals surface area contributed by atoms with Gasteiger partial charge in [-0.3, -0.25) is 0 Å². The first-order valence-corrected chi connectivity index (χ1v) is 9.48. The van der Waals surface area contributed by atoms with E-state index in [2.05, 4.69) is 15.1 Å². The number of halogens is 1. The third-order valence-electron chi connectivity index (χ3n) is 5.67. The highest BCUT2D eigenvalue weighted by Gasteiger charge is 2.62. The molecule has 1 saturated carbocycles. The summed E-state index contributed by atoms with van der Waals surface area (Å²) < 4.78 is 29.8. The summed E-state index contributed by atoms with van der Waals surface area (Å²) in [5, 5.41) is 4.07. The van der Waals surface area contributed by atoms with E-state index in [1.807, 2.05) is 20.8 Å². The third kappa shape index (κ3) is 3.38. The Morgan fingerprint density at radius 1 is 1.21 bits per heavy atom. The lowest BCUT2D eigenvalue weighted by molar-refractivity contribution is -0.162. The van der Waals surface area contributed by atoms with E-state index in [0.717, 1.165) is 0 Å². The van der Waals surface area contributed by atoms with E-state index in [0.29, 0.717) is 41.9 Å². The molecule has 8 heteroatoms. The number of benzene rings is 1.